The van der Waals surface area contributed by atoms with E-state index in [2.05, 4.69) is 216 Å². The van der Waals surface area contributed by atoms with E-state index >= 15 is 0 Å². The van der Waals surface area contributed by atoms with Crippen molar-refractivity contribution in [3.8, 4) is 39.4 Å². The minimum Gasteiger partial charge on any atom is -0.457 e. The molecule has 8 aromatic carbocycles. The molecule has 2 aromatic heterocycles. The standard InChI is InChI=1S/C56H42N4O/c1-56(2,3)41-30-32-51-50(34-41)49-28-15-33-57-55(49)60(51)43-22-13-24-45(36-43)61-44-23-12-21-42(35-44)58-37-59(54-48-25-11-10-20-40(48)29-31-52(54)58)53-46(38-16-6-4-7-17-38)26-14-27-47(53)39-18-8-5-9-19-39/h4-36H,1-3H3/q+2. The molecule has 3 heterocycles. The van der Waals surface area contributed by atoms with Gasteiger partial charge in [0, 0.05) is 35.2 Å². The molecule has 11 rings (SSSR count). The smallest absolute Gasteiger partial charge is 0.457 e. The van der Waals surface area contributed by atoms with E-state index in [9.17, 15) is 0 Å². The van der Waals surface area contributed by atoms with Crippen LogP contribution < -0.4 is 13.9 Å². The summed E-state index contributed by atoms with van der Waals surface area (Å²) in [6, 6.07) is 72.3. The van der Waals surface area contributed by atoms with E-state index in [1.807, 2.05) is 24.4 Å². The molecular formula is C56H42N4O+2. The fraction of sp³-hybridized carbons (Fsp3) is 0.0714. The normalized spacial score (nSPS) is 12.4. The maximum atomic E-state index is 6.73. The zero-order valence-electron chi connectivity index (χ0n) is 34.2. The summed E-state index contributed by atoms with van der Waals surface area (Å²) in [5.41, 5.74) is 13.0. The highest BCUT2D eigenvalue weighted by Crippen LogP contribution is 2.47. The second kappa shape index (κ2) is 14.5. The number of nitrogens with zero attached hydrogens (tertiary/aromatic N) is 4. The zero-order valence-corrected chi connectivity index (χ0v) is 34.2. The summed E-state index contributed by atoms with van der Waals surface area (Å²) in [7, 11) is 0. The van der Waals surface area contributed by atoms with Gasteiger partial charge in [-0.3, -0.25) is 4.57 Å². The van der Waals surface area contributed by atoms with E-state index < -0.39 is 0 Å². The molecule has 10 aromatic rings. The number of hydrogen-bond acceptors (Lipinski definition) is 2. The number of benzene rings is 8. The van der Waals surface area contributed by atoms with E-state index in [1.165, 1.54) is 16.3 Å². The molecule has 0 unspecified atom stereocenters. The van der Waals surface area contributed by atoms with E-state index in [0.717, 1.165) is 84.1 Å². The molecule has 0 saturated heterocycles. The van der Waals surface area contributed by atoms with Crippen LogP contribution in [-0.2, 0) is 5.41 Å². The summed E-state index contributed by atoms with van der Waals surface area (Å²) in [5.74, 6) is 1.46. The Bertz CT molecular complexity index is 3350. The van der Waals surface area contributed by atoms with Gasteiger partial charge in [0.05, 0.1) is 33.8 Å². The Morgan fingerprint density at radius 1 is 0.525 bits per heavy atom. The molecule has 0 N–H and O–H groups in total. The molecule has 0 saturated carbocycles. The average molecular weight is 787 g/mol. The highest BCUT2D eigenvalue weighted by Gasteiger charge is 2.41. The van der Waals surface area contributed by atoms with Crippen molar-refractivity contribution in [1.29, 1.82) is 0 Å². The van der Waals surface area contributed by atoms with Crippen molar-refractivity contribution >= 4 is 61.5 Å². The third kappa shape index (κ3) is 6.31. The van der Waals surface area contributed by atoms with Crippen molar-refractivity contribution in [3.63, 3.8) is 0 Å². The van der Waals surface area contributed by atoms with Crippen LogP contribution in [0.3, 0.4) is 0 Å². The van der Waals surface area contributed by atoms with Gasteiger partial charge < -0.3 is 4.74 Å². The number of para-hydroxylation sites is 1. The van der Waals surface area contributed by atoms with E-state index in [0.29, 0.717) is 0 Å². The van der Waals surface area contributed by atoms with E-state index in [-0.39, 0.29) is 5.41 Å². The van der Waals surface area contributed by atoms with Gasteiger partial charge >= 0.3 is 11.7 Å². The minimum absolute atomic E-state index is 0.0314. The molecule has 1 aliphatic heterocycles. The van der Waals surface area contributed by atoms with Crippen LogP contribution in [0.1, 0.15) is 26.3 Å². The molecule has 0 aliphatic carbocycles. The summed E-state index contributed by atoms with van der Waals surface area (Å²) in [5, 5.41) is 4.64. The zero-order chi connectivity index (χ0) is 41.1. The van der Waals surface area contributed by atoms with Gasteiger partial charge in [-0.05, 0) is 103 Å². The molecule has 0 spiro atoms. The molecular weight excluding hydrogens is 745 g/mol. The molecule has 1 aliphatic rings. The van der Waals surface area contributed by atoms with Crippen molar-refractivity contribution in [2.75, 3.05) is 0 Å². The Balaban J connectivity index is 1.05. The summed E-state index contributed by atoms with van der Waals surface area (Å²) in [4.78, 5) is 4.87. The van der Waals surface area contributed by atoms with Crippen molar-refractivity contribution in [2.45, 2.75) is 26.2 Å². The first-order valence-electron chi connectivity index (χ1n) is 20.8. The Kier molecular flexibility index (Phi) is 8.59. The summed E-state index contributed by atoms with van der Waals surface area (Å²) < 4.78 is 13.4. The highest BCUT2D eigenvalue weighted by molar-refractivity contribution is 6.08. The van der Waals surface area contributed by atoms with Gasteiger partial charge in [-0.15, -0.1) is 0 Å². The largest absolute Gasteiger partial charge is 0.503 e. The molecule has 0 radical (unpaired) electrons. The van der Waals surface area contributed by atoms with Gasteiger partial charge in [0.1, 0.15) is 17.1 Å². The lowest BCUT2D eigenvalue weighted by molar-refractivity contribution is 0.482. The number of hydrogen-bond donors (Lipinski definition) is 0. The fourth-order valence-electron chi connectivity index (χ4n) is 8.79. The fourth-order valence-corrected chi connectivity index (χ4v) is 8.79. The van der Waals surface area contributed by atoms with Crippen molar-refractivity contribution in [2.24, 2.45) is 0 Å². The van der Waals surface area contributed by atoms with Crippen molar-refractivity contribution in [3.05, 3.63) is 206 Å². The van der Waals surface area contributed by atoms with Crippen molar-refractivity contribution < 1.29 is 4.74 Å². The van der Waals surface area contributed by atoms with Gasteiger partial charge in [0.2, 0.25) is 11.4 Å². The molecule has 5 nitrogen and oxygen atoms in total. The molecule has 0 amide bonds. The van der Waals surface area contributed by atoms with Crippen LogP contribution in [0.15, 0.2) is 200 Å². The van der Waals surface area contributed by atoms with Crippen molar-refractivity contribution in [1.82, 2.24) is 18.7 Å². The third-order valence-electron chi connectivity index (χ3n) is 11.8. The molecule has 61 heavy (non-hydrogen) atoms. The summed E-state index contributed by atoms with van der Waals surface area (Å²) in [6.07, 6.45) is 1.87. The SMILES string of the molecule is CC(C)(C)c1ccc2c(c1)c1cccnc1n2-c1cccc(Oc2cccc([N+]3=C=[N+](c4c(-c5ccccc5)cccc4-c4ccccc4)c4c3ccc3ccccc43)c2)c1. The third-order valence-corrected chi connectivity index (χ3v) is 11.8. The quantitative estimate of drug-likeness (QED) is 0.151. The van der Waals surface area contributed by atoms with Gasteiger partial charge in [-0.2, -0.15) is 0 Å². The Morgan fingerprint density at radius 3 is 1.95 bits per heavy atom. The molecule has 0 atom stereocenters. The van der Waals surface area contributed by atoms with Gasteiger partial charge in [0.15, 0.2) is 0 Å². The Morgan fingerprint density at radius 2 is 1.20 bits per heavy atom. The number of pyridine rings is 1. The maximum Gasteiger partial charge on any atom is 0.503 e. The second-order valence-corrected chi connectivity index (χ2v) is 16.6. The molecule has 0 fully saturated rings. The summed E-state index contributed by atoms with van der Waals surface area (Å²) in [6.45, 7) is 6.76. The van der Waals surface area contributed by atoms with Crippen LogP contribution in [-0.4, -0.2) is 15.6 Å². The highest BCUT2D eigenvalue weighted by atomic mass is 16.5. The first kappa shape index (κ1) is 36.2. The lowest BCUT2D eigenvalue weighted by atomic mass is 9.86. The number of ether oxygens (including phenoxy) is 1. The Hall–Kier alpha value is -7.85. The van der Waals surface area contributed by atoms with Crippen LogP contribution >= 0.6 is 0 Å². The van der Waals surface area contributed by atoms with Gasteiger partial charge in [0.25, 0.3) is 5.69 Å². The van der Waals surface area contributed by atoms with Crippen LogP contribution in [0.2, 0.25) is 0 Å². The second-order valence-electron chi connectivity index (χ2n) is 16.6. The predicted molar refractivity (Wildman–Crippen MR) is 253 cm³/mol. The number of rotatable bonds is 7. The first-order chi connectivity index (χ1) is 29.9. The molecule has 5 heteroatoms. The first-order valence-corrected chi connectivity index (χ1v) is 20.8. The predicted octanol–water partition coefficient (Wildman–Crippen LogP) is 14.6. The average Bonchev–Trinajstić information content (AvgIpc) is 3.86. The van der Waals surface area contributed by atoms with Crippen LogP contribution in [0, 0.1) is 0 Å². The topological polar surface area (TPSA) is 33.1 Å². The lowest BCUT2D eigenvalue weighted by Gasteiger charge is -2.19. The number of aromatic nitrogens is 2. The van der Waals surface area contributed by atoms with Crippen LogP contribution in [0.5, 0.6) is 11.5 Å². The minimum atomic E-state index is 0.0314. The van der Waals surface area contributed by atoms with Crippen LogP contribution in [0.25, 0.3) is 60.6 Å². The molecule has 290 valence electrons. The lowest BCUT2D eigenvalue weighted by Crippen LogP contribution is -2.10. The van der Waals surface area contributed by atoms with E-state index in [1.54, 1.807) is 0 Å². The monoisotopic (exact) mass is 786 g/mol. The maximum absolute atomic E-state index is 6.73. The number of fused-ring (bicyclic) bond motifs is 6. The van der Waals surface area contributed by atoms with E-state index in [4.69, 9.17) is 9.72 Å². The molecule has 0 bridgehead atoms. The summed E-state index contributed by atoms with van der Waals surface area (Å²) >= 11 is 0. The Labute approximate surface area is 355 Å². The van der Waals surface area contributed by atoms with Gasteiger partial charge in [-0.1, -0.05) is 124 Å². The van der Waals surface area contributed by atoms with Crippen LogP contribution in [0.4, 0.5) is 22.7 Å². The van der Waals surface area contributed by atoms with Gasteiger partial charge in [-0.25, -0.2) is 4.98 Å².